The molecule has 0 atom stereocenters. The molecule has 0 aliphatic carbocycles. The Bertz CT molecular complexity index is 1080. The van der Waals surface area contributed by atoms with Gasteiger partial charge in [-0.15, -0.1) is 10.2 Å². The van der Waals surface area contributed by atoms with Crippen molar-refractivity contribution in [2.75, 3.05) is 32.4 Å². The Kier molecular flexibility index (Phi) is 7.53. The molecule has 0 spiro atoms. The molecule has 11 heteroatoms. The molecular weight excluding hydrogens is 463 g/mol. The van der Waals surface area contributed by atoms with E-state index in [2.05, 4.69) is 15.5 Å². The fourth-order valence-electron chi connectivity index (χ4n) is 2.81. The van der Waals surface area contributed by atoms with Crippen molar-refractivity contribution >= 4 is 46.6 Å². The van der Waals surface area contributed by atoms with E-state index in [1.165, 1.54) is 11.8 Å². The molecule has 0 saturated carbocycles. The van der Waals surface area contributed by atoms with Crippen molar-refractivity contribution in [1.82, 2.24) is 14.8 Å². The highest BCUT2D eigenvalue weighted by atomic mass is 35.5. The Morgan fingerprint density at radius 3 is 2.32 bits per heavy atom. The van der Waals surface area contributed by atoms with Crippen LogP contribution >= 0.6 is 35.0 Å². The molecule has 0 bridgehead atoms. The van der Waals surface area contributed by atoms with Crippen LogP contribution in [0.15, 0.2) is 35.5 Å². The summed E-state index contributed by atoms with van der Waals surface area (Å²) >= 11 is 13.2. The van der Waals surface area contributed by atoms with Crippen LogP contribution in [0.4, 0.5) is 5.69 Å². The summed E-state index contributed by atoms with van der Waals surface area (Å²) in [5.41, 5.74) is 1.22. The number of hydrogen-bond donors (Lipinski definition) is 1. The third-order valence-electron chi connectivity index (χ3n) is 4.30. The number of amides is 1. The van der Waals surface area contributed by atoms with Gasteiger partial charge in [-0.2, -0.15) is 0 Å². The first-order chi connectivity index (χ1) is 14.9. The van der Waals surface area contributed by atoms with Gasteiger partial charge in [-0.05, 0) is 30.3 Å². The smallest absolute Gasteiger partial charge is 0.234 e. The number of benzene rings is 2. The lowest BCUT2D eigenvalue weighted by Gasteiger charge is -2.14. The lowest BCUT2D eigenvalue weighted by molar-refractivity contribution is -0.113. The minimum Gasteiger partial charge on any atom is -0.493 e. The summed E-state index contributed by atoms with van der Waals surface area (Å²) in [6.45, 7) is 0. The second kappa shape index (κ2) is 10.1. The summed E-state index contributed by atoms with van der Waals surface area (Å²) in [6.07, 6.45) is 0. The SMILES string of the molecule is COc1cc(-c2nnc(SCC(=O)Nc3ccc(Cl)cc3Cl)n2C)cc(OC)c1OC. The highest BCUT2D eigenvalue weighted by molar-refractivity contribution is 7.99. The van der Waals surface area contributed by atoms with Crippen molar-refractivity contribution in [2.45, 2.75) is 5.16 Å². The topological polar surface area (TPSA) is 87.5 Å². The lowest BCUT2D eigenvalue weighted by Crippen LogP contribution is -2.14. The van der Waals surface area contributed by atoms with Crippen molar-refractivity contribution in [2.24, 2.45) is 7.05 Å². The largest absolute Gasteiger partial charge is 0.493 e. The van der Waals surface area contributed by atoms with Crippen LogP contribution in [0.2, 0.25) is 10.0 Å². The van der Waals surface area contributed by atoms with Crippen LogP contribution in [0, 0.1) is 0 Å². The maximum absolute atomic E-state index is 12.3. The number of carbonyl (C=O) groups excluding carboxylic acids is 1. The van der Waals surface area contributed by atoms with E-state index in [0.29, 0.717) is 44.0 Å². The van der Waals surface area contributed by atoms with Crippen molar-refractivity contribution in [3.05, 3.63) is 40.4 Å². The van der Waals surface area contributed by atoms with E-state index in [9.17, 15) is 4.79 Å². The van der Waals surface area contributed by atoms with Gasteiger partial charge in [0.1, 0.15) is 0 Å². The lowest BCUT2D eigenvalue weighted by atomic mass is 10.1. The quantitative estimate of drug-likeness (QED) is 0.471. The number of carbonyl (C=O) groups is 1. The molecule has 0 aliphatic heterocycles. The van der Waals surface area contributed by atoms with Gasteiger partial charge in [-0.25, -0.2) is 0 Å². The van der Waals surface area contributed by atoms with Crippen LogP contribution in [0.5, 0.6) is 17.2 Å². The Hall–Kier alpha value is -2.62. The predicted molar refractivity (Wildman–Crippen MR) is 122 cm³/mol. The molecule has 0 fully saturated rings. The maximum atomic E-state index is 12.3. The Morgan fingerprint density at radius 2 is 1.74 bits per heavy atom. The Labute approximate surface area is 193 Å². The first-order valence-corrected chi connectivity index (χ1v) is 10.7. The molecule has 0 saturated heterocycles. The molecular formula is C20H20Cl2N4O4S. The van der Waals surface area contributed by atoms with E-state index in [1.807, 2.05) is 7.05 Å². The first kappa shape index (κ1) is 23.1. The predicted octanol–water partition coefficient (Wildman–Crippen LogP) is 4.55. The average Bonchev–Trinajstić information content (AvgIpc) is 3.13. The molecule has 2 aromatic carbocycles. The van der Waals surface area contributed by atoms with Crippen molar-refractivity contribution in [1.29, 1.82) is 0 Å². The summed E-state index contributed by atoms with van der Waals surface area (Å²) in [4.78, 5) is 12.3. The van der Waals surface area contributed by atoms with Crippen molar-refractivity contribution < 1.29 is 19.0 Å². The third kappa shape index (κ3) is 5.17. The molecule has 0 aliphatic rings. The van der Waals surface area contributed by atoms with Gasteiger partial charge in [0.25, 0.3) is 0 Å². The normalized spacial score (nSPS) is 10.6. The van der Waals surface area contributed by atoms with Crippen LogP contribution in [0.25, 0.3) is 11.4 Å². The Morgan fingerprint density at radius 1 is 1.06 bits per heavy atom. The molecule has 0 radical (unpaired) electrons. The second-order valence-corrected chi connectivity index (χ2v) is 8.03. The van der Waals surface area contributed by atoms with Gasteiger partial charge in [0.05, 0.1) is 37.8 Å². The molecule has 31 heavy (non-hydrogen) atoms. The number of nitrogens with zero attached hydrogens (tertiary/aromatic N) is 3. The number of methoxy groups -OCH3 is 3. The first-order valence-electron chi connectivity index (χ1n) is 8.95. The zero-order valence-electron chi connectivity index (χ0n) is 17.2. The highest BCUT2D eigenvalue weighted by Crippen LogP contribution is 2.41. The number of nitrogens with one attached hydrogen (secondary N) is 1. The fraction of sp³-hybridized carbons (Fsp3) is 0.250. The monoisotopic (exact) mass is 482 g/mol. The highest BCUT2D eigenvalue weighted by Gasteiger charge is 2.19. The van der Waals surface area contributed by atoms with Gasteiger partial charge in [-0.1, -0.05) is 35.0 Å². The summed E-state index contributed by atoms with van der Waals surface area (Å²) < 4.78 is 17.9. The fourth-order valence-corrected chi connectivity index (χ4v) is 3.98. The van der Waals surface area contributed by atoms with E-state index < -0.39 is 0 Å². The minimum atomic E-state index is -0.230. The second-order valence-electron chi connectivity index (χ2n) is 6.24. The number of hydrogen-bond acceptors (Lipinski definition) is 7. The number of ether oxygens (including phenoxy) is 3. The van der Waals surface area contributed by atoms with E-state index in [1.54, 1.807) is 56.2 Å². The average molecular weight is 483 g/mol. The maximum Gasteiger partial charge on any atom is 0.234 e. The van der Waals surface area contributed by atoms with Crippen molar-refractivity contribution in [3.63, 3.8) is 0 Å². The van der Waals surface area contributed by atoms with Gasteiger partial charge >= 0.3 is 0 Å². The van der Waals surface area contributed by atoms with E-state index in [0.717, 1.165) is 5.56 Å². The summed E-state index contributed by atoms with van der Waals surface area (Å²) in [6, 6.07) is 8.45. The summed E-state index contributed by atoms with van der Waals surface area (Å²) in [5.74, 6) is 1.99. The molecule has 1 N–H and O–H groups in total. The van der Waals surface area contributed by atoms with Crippen LogP contribution in [-0.2, 0) is 11.8 Å². The van der Waals surface area contributed by atoms with Gasteiger partial charge < -0.3 is 24.1 Å². The molecule has 164 valence electrons. The van der Waals surface area contributed by atoms with Crippen LogP contribution in [0.1, 0.15) is 0 Å². The van der Waals surface area contributed by atoms with E-state index in [4.69, 9.17) is 37.4 Å². The molecule has 3 aromatic rings. The number of anilines is 1. The van der Waals surface area contributed by atoms with Crippen LogP contribution in [-0.4, -0.2) is 47.8 Å². The Balaban J connectivity index is 1.75. The molecule has 1 heterocycles. The number of halogens is 2. The van der Waals surface area contributed by atoms with Crippen LogP contribution in [0.3, 0.4) is 0 Å². The zero-order chi connectivity index (χ0) is 22.5. The molecule has 0 unspecified atom stereocenters. The van der Waals surface area contributed by atoms with Crippen LogP contribution < -0.4 is 19.5 Å². The summed E-state index contributed by atoms with van der Waals surface area (Å²) in [5, 5.41) is 12.6. The van der Waals surface area contributed by atoms with Gasteiger partial charge in [0, 0.05) is 17.6 Å². The molecule has 8 nitrogen and oxygen atoms in total. The molecule has 3 rings (SSSR count). The molecule has 1 aromatic heterocycles. The van der Waals surface area contributed by atoms with E-state index >= 15 is 0 Å². The van der Waals surface area contributed by atoms with E-state index in [-0.39, 0.29) is 11.7 Å². The zero-order valence-corrected chi connectivity index (χ0v) is 19.6. The number of aromatic nitrogens is 3. The summed E-state index contributed by atoms with van der Waals surface area (Å²) in [7, 11) is 6.45. The molecule has 1 amide bonds. The number of thioether (sulfide) groups is 1. The number of rotatable bonds is 8. The standard InChI is InChI=1S/C20H20Cl2N4O4S/c1-26-19(11-7-15(28-2)18(30-4)16(8-11)29-3)24-25-20(26)31-10-17(27)23-14-6-5-12(21)9-13(14)22/h5-9H,10H2,1-4H3,(H,23,27). The van der Waals surface area contributed by atoms with Gasteiger partial charge in [0.15, 0.2) is 22.5 Å². The minimum absolute atomic E-state index is 0.125. The third-order valence-corrected chi connectivity index (χ3v) is 5.86. The van der Waals surface area contributed by atoms with Gasteiger partial charge in [0.2, 0.25) is 11.7 Å². The van der Waals surface area contributed by atoms with Gasteiger partial charge in [-0.3, -0.25) is 4.79 Å². The van der Waals surface area contributed by atoms with Crippen molar-refractivity contribution in [3.8, 4) is 28.6 Å².